The van der Waals surface area contributed by atoms with Crippen LogP contribution in [0, 0.1) is 5.82 Å². The van der Waals surface area contributed by atoms with E-state index < -0.39 is 29.8 Å². The molecule has 31 heavy (non-hydrogen) atoms. The fourth-order valence-corrected chi connectivity index (χ4v) is 3.14. The topological polar surface area (TPSA) is 134 Å². The number of amides is 3. The van der Waals surface area contributed by atoms with Crippen LogP contribution in [0.5, 0.6) is 0 Å². The number of hydrogen-bond donors (Lipinski definition) is 4. The number of nitrogens with zero attached hydrogens (tertiary/aromatic N) is 1. The first-order chi connectivity index (χ1) is 14.8. The summed E-state index contributed by atoms with van der Waals surface area (Å²) in [6.45, 7) is 0.196. The maximum atomic E-state index is 13.3. The molecule has 0 spiro atoms. The average Bonchev–Trinajstić information content (AvgIpc) is 2.75. The normalized spacial score (nSPS) is 11.6. The van der Waals surface area contributed by atoms with E-state index in [1.807, 2.05) is 0 Å². The predicted molar refractivity (Wildman–Crippen MR) is 113 cm³/mol. The Hall–Kier alpha value is -4.01. The number of urea groups is 1. The van der Waals surface area contributed by atoms with E-state index >= 15 is 0 Å². The van der Waals surface area contributed by atoms with Gasteiger partial charge in [0.1, 0.15) is 11.9 Å². The molecule has 2 aromatic carbocycles. The first kappa shape index (κ1) is 21.7. The van der Waals surface area contributed by atoms with Gasteiger partial charge >= 0.3 is 12.0 Å². The van der Waals surface area contributed by atoms with E-state index in [-0.39, 0.29) is 18.5 Å². The Bertz CT molecular complexity index is 1120. The van der Waals surface area contributed by atoms with E-state index in [0.29, 0.717) is 28.6 Å². The molecule has 1 unspecified atom stereocenters. The van der Waals surface area contributed by atoms with Crippen molar-refractivity contribution in [3.63, 3.8) is 0 Å². The lowest BCUT2D eigenvalue weighted by atomic mass is 10.0. The molecule has 0 aliphatic carbocycles. The molecule has 0 saturated heterocycles. The Morgan fingerprint density at radius 3 is 2.48 bits per heavy atom. The summed E-state index contributed by atoms with van der Waals surface area (Å²) < 4.78 is 13.3. The van der Waals surface area contributed by atoms with Crippen molar-refractivity contribution >= 4 is 28.8 Å². The highest BCUT2D eigenvalue weighted by Crippen LogP contribution is 2.25. The number of nitrogens with one attached hydrogen (secondary N) is 2. The van der Waals surface area contributed by atoms with Gasteiger partial charge in [0.25, 0.3) is 5.91 Å². The molecular formula is C22H21FN4O4. The summed E-state index contributed by atoms with van der Waals surface area (Å²) in [5, 5.41) is 14.9. The second-order valence-electron chi connectivity index (χ2n) is 6.88. The molecule has 3 rings (SSSR count). The van der Waals surface area contributed by atoms with Gasteiger partial charge in [0.2, 0.25) is 0 Å². The molecule has 0 aliphatic rings. The number of carbonyl (C=O) groups is 3. The minimum Gasteiger partial charge on any atom is -0.480 e. The van der Waals surface area contributed by atoms with Crippen molar-refractivity contribution in [1.29, 1.82) is 0 Å². The molecule has 0 fully saturated rings. The number of benzene rings is 2. The van der Waals surface area contributed by atoms with Crippen LogP contribution in [0.1, 0.15) is 23.2 Å². The molecule has 5 N–H and O–H groups in total. The summed E-state index contributed by atoms with van der Waals surface area (Å²) in [5.41, 5.74) is 6.87. The summed E-state index contributed by atoms with van der Waals surface area (Å²) >= 11 is 0. The maximum Gasteiger partial charge on any atom is 0.326 e. The monoisotopic (exact) mass is 424 g/mol. The van der Waals surface area contributed by atoms with Crippen LogP contribution in [0.25, 0.3) is 22.2 Å². The van der Waals surface area contributed by atoms with Crippen molar-refractivity contribution in [2.45, 2.75) is 18.9 Å². The number of aliphatic carboxylic acids is 1. The molecule has 0 saturated carbocycles. The zero-order valence-electron chi connectivity index (χ0n) is 16.5. The Balaban J connectivity index is 1.88. The number of rotatable bonds is 8. The third kappa shape index (κ3) is 5.53. The van der Waals surface area contributed by atoms with Gasteiger partial charge in [-0.05, 0) is 49.2 Å². The van der Waals surface area contributed by atoms with E-state index in [1.165, 1.54) is 12.1 Å². The zero-order valence-corrected chi connectivity index (χ0v) is 16.5. The summed E-state index contributed by atoms with van der Waals surface area (Å²) in [4.78, 5) is 39.9. The maximum absolute atomic E-state index is 13.3. The van der Waals surface area contributed by atoms with Crippen LogP contribution in [0.4, 0.5) is 9.18 Å². The number of halogens is 1. The molecule has 1 heterocycles. The molecule has 3 aromatic rings. The van der Waals surface area contributed by atoms with Crippen LogP contribution < -0.4 is 16.4 Å². The minimum atomic E-state index is -1.19. The predicted octanol–water partition coefficient (Wildman–Crippen LogP) is 2.67. The number of carbonyl (C=O) groups excluding carboxylic acids is 2. The van der Waals surface area contributed by atoms with Gasteiger partial charge in [-0.1, -0.05) is 18.2 Å². The fourth-order valence-electron chi connectivity index (χ4n) is 3.14. The minimum absolute atomic E-state index is 0.106. The van der Waals surface area contributed by atoms with Gasteiger partial charge in [-0.3, -0.25) is 4.79 Å². The smallest absolute Gasteiger partial charge is 0.326 e. The van der Waals surface area contributed by atoms with Crippen molar-refractivity contribution in [1.82, 2.24) is 15.6 Å². The number of carboxylic acid groups (broad SMARTS) is 1. The number of aromatic nitrogens is 1. The zero-order chi connectivity index (χ0) is 22.4. The van der Waals surface area contributed by atoms with Crippen molar-refractivity contribution < 1.29 is 23.9 Å². The number of pyridine rings is 1. The Morgan fingerprint density at radius 1 is 1.10 bits per heavy atom. The van der Waals surface area contributed by atoms with Crippen molar-refractivity contribution in [2.75, 3.05) is 6.54 Å². The molecule has 0 radical (unpaired) electrons. The number of hydrogen-bond acceptors (Lipinski definition) is 4. The number of fused-ring (bicyclic) bond motifs is 1. The van der Waals surface area contributed by atoms with Crippen molar-refractivity contribution in [3.8, 4) is 11.3 Å². The molecule has 0 aliphatic heterocycles. The molecule has 160 valence electrons. The summed E-state index contributed by atoms with van der Waals surface area (Å²) in [5.74, 6) is -2.15. The summed E-state index contributed by atoms with van der Waals surface area (Å²) in [6.07, 6.45) is 0.424. The van der Waals surface area contributed by atoms with Gasteiger partial charge in [-0.15, -0.1) is 0 Å². The first-order valence-electron chi connectivity index (χ1n) is 9.58. The SMILES string of the molecule is NC(=O)NCCCC(NC(=O)c1cc(-c2ccc(F)cc2)nc2ccccc12)C(=O)O. The van der Waals surface area contributed by atoms with Crippen molar-refractivity contribution in [3.05, 3.63) is 66.0 Å². The van der Waals surface area contributed by atoms with Crippen molar-refractivity contribution in [2.24, 2.45) is 5.73 Å². The number of para-hydroxylation sites is 1. The van der Waals surface area contributed by atoms with Gasteiger partial charge in [0, 0.05) is 17.5 Å². The van der Waals surface area contributed by atoms with Gasteiger partial charge in [0.05, 0.1) is 16.8 Å². The molecule has 8 nitrogen and oxygen atoms in total. The van der Waals surface area contributed by atoms with Gasteiger partial charge < -0.3 is 21.5 Å². The van der Waals surface area contributed by atoms with E-state index in [4.69, 9.17) is 5.73 Å². The molecule has 1 aromatic heterocycles. The van der Waals surface area contributed by atoms with E-state index in [1.54, 1.807) is 42.5 Å². The van der Waals surface area contributed by atoms with Crippen LogP contribution in [0.3, 0.4) is 0 Å². The Morgan fingerprint density at radius 2 is 1.81 bits per heavy atom. The van der Waals surface area contributed by atoms with Crippen LogP contribution in [-0.4, -0.2) is 40.6 Å². The summed E-state index contributed by atoms with van der Waals surface area (Å²) in [6, 6.07) is 12.4. The lowest BCUT2D eigenvalue weighted by molar-refractivity contribution is -0.139. The van der Waals surface area contributed by atoms with E-state index in [2.05, 4.69) is 15.6 Å². The molecule has 0 bridgehead atoms. The van der Waals surface area contributed by atoms with Crippen LogP contribution in [0.2, 0.25) is 0 Å². The van der Waals surface area contributed by atoms with Crippen LogP contribution in [0.15, 0.2) is 54.6 Å². The highest BCUT2D eigenvalue weighted by atomic mass is 19.1. The van der Waals surface area contributed by atoms with Gasteiger partial charge in [0.15, 0.2) is 0 Å². The quantitative estimate of drug-likeness (QED) is 0.413. The lowest BCUT2D eigenvalue weighted by Crippen LogP contribution is -2.41. The highest BCUT2D eigenvalue weighted by molar-refractivity contribution is 6.08. The largest absolute Gasteiger partial charge is 0.480 e. The highest BCUT2D eigenvalue weighted by Gasteiger charge is 2.22. The Kier molecular flexibility index (Phi) is 6.76. The number of nitrogens with two attached hydrogens (primary N) is 1. The number of carboxylic acids is 1. The molecular weight excluding hydrogens is 403 g/mol. The third-order valence-corrected chi connectivity index (χ3v) is 4.67. The third-order valence-electron chi connectivity index (χ3n) is 4.67. The second-order valence-corrected chi connectivity index (χ2v) is 6.88. The Labute approximate surface area is 177 Å². The second kappa shape index (κ2) is 9.66. The van der Waals surface area contributed by atoms with Crippen LogP contribution in [-0.2, 0) is 4.79 Å². The fraction of sp³-hybridized carbons (Fsp3) is 0.182. The number of primary amides is 1. The van der Waals surface area contributed by atoms with Gasteiger partial charge in [-0.25, -0.2) is 19.0 Å². The standard InChI is InChI=1S/C22H21FN4O4/c23-14-9-7-13(8-10-14)19-12-16(15-4-1-2-5-17(15)26-19)20(28)27-18(21(29)30)6-3-11-25-22(24)31/h1-2,4-5,7-10,12,18H,3,6,11H2,(H,27,28)(H,29,30)(H3,24,25,31). The van der Waals surface area contributed by atoms with Gasteiger partial charge in [-0.2, -0.15) is 0 Å². The van der Waals surface area contributed by atoms with Crippen LogP contribution >= 0.6 is 0 Å². The summed E-state index contributed by atoms with van der Waals surface area (Å²) in [7, 11) is 0. The molecule has 1 atom stereocenters. The molecule has 9 heteroatoms. The molecule has 3 amide bonds. The first-order valence-corrected chi connectivity index (χ1v) is 9.58. The van der Waals surface area contributed by atoms with E-state index in [9.17, 15) is 23.9 Å². The lowest BCUT2D eigenvalue weighted by Gasteiger charge is -2.16. The van der Waals surface area contributed by atoms with E-state index in [0.717, 1.165) is 0 Å². The average molecular weight is 424 g/mol.